The topological polar surface area (TPSA) is 93.7 Å². The molecule has 0 atom stereocenters. The van der Waals surface area contributed by atoms with E-state index in [-0.39, 0.29) is 0 Å². The summed E-state index contributed by atoms with van der Waals surface area (Å²) in [6, 6.07) is 111. The Morgan fingerprint density at radius 1 is 0.224 bits per heavy atom. The summed E-state index contributed by atoms with van der Waals surface area (Å²) in [6.07, 6.45) is 0. The van der Waals surface area contributed by atoms with Crippen molar-refractivity contribution in [2.24, 2.45) is 0 Å². The van der Waals surface area contributed by atoms with Gasteiger partial charge in [0.15, 0.2) is 34.9 Å². The lowest BCUT2D eigenvalue weighted by Crippen LogP contribution is -2.22. The summed E-state index contributed by atoms with van der Waals surface area (Å²) in [5.74, 6) is 2.84. The summed E-state index contributed by atoms with van der Waals surface area (Å²) < 4.78 is 4.96. The van der Waals surface area contributed by atoms with Crippen LogP contribution in [0.15, 0.2) is 315 Å². The molecule has 4 aromatic heterocycles. The zero-order valence-corrected chi connectivity index (χ0v) is 54.5. The molecule has 0 spiro atoms. The number of aromatic nitrogens is 8. The van der Waals surface area contributed by atoms with Gasteiger partial charge >= 0.3 is 0 Å². The van der Waals surface area contributed by atoms with Gasteiger partial charge in [-0.25, -0.2) is 29.9 Å². The highest BCUT2D eigenvalue weighted by Crippen LogP contribution is 2.59. The standard InChI is InChI=1S/C88H64N10/c1-57-45-49-73-69(53-57)70-54-58(2)46-50-74(70)97(73)81-78(88-93-85(63-33-17-7-18-34-63)90-86(94-88)64-35-19-8-20-36-64)82(98-75-51-47-59(3)55-71(75)72-56-60(4)48-52-76(72)98)80(96(67-41-25-11-26-42-67)68-43-27-12-28-44-68)77(79(81)95(65-37-21-9-22-38-65)66-39-23-10-24-40-66)87-91-83(61-29-13-5-14-30-61)89-84(92-87)62-31-15-6-16-32-62/h5-56H,1-4H3. The van der Waals surface area contributed by atoms with Gasteiger partial charge in [0.25, 0.3) is 0 Å². The molecule has 0 saturated heterocycles. The second kappa shape index (κ2) is 24.8. The summed E-state index contributed by atoms with van der Waals surface area (Å²) in [5, 5.41) is 4.33. The van der Waals surface area contributed by atoms with Gasteiger partial charge in [0.2, 0.25) is 0 Å². The number of aryl methyl sites for hydroxylation is 4. The fraction of sp³-hybridized carbons (Fsp3) is 0.0455. The first-order valence-corrected chi connectivity index (χ1v) is 33.1. The average molecular weight is 1260 g/mol. The van der Waals surface area contributed by atoms with E-state index in [0.717, 1.165) is 134 Å². The van der Waals surface area contributed by atoms with Crippen LogP contribution in [0.3, 0.4) is 0 Å². The van der Waals surface area contributed by atoms with E-state index in [9.17, 15) is 0 Å². The van der Waals surface area contributed by atoms with Crippen LogP contribution in [-0.2, 0) is 0 Å². The minimum Gasteiger partial charge on any atom is -0.308 e. The van der Waals surface area contributed by atoms with Crippen LogP contribution < -0.4 is 9.80 Å². The minimum absolute atomic E-state index is 0.413. The zero-order chi connectivity index (χ0) is 65.8. The summed E-state index contributed by atoms with van der Waals surface area (Å²) >= 11 is 0. The Morgan fingerprint density at radius 3 is 0.684 bits per heavy atom. The molecule has 17 rings (SSSR count). The molecule has 0 N–H and O–H groups in total. The Balaban J connectivity index is 1.25. The van der Waals surface area contributed by atoms with Gasteiger partial charge in [-0.2, -0.15) is 0 Å². The predicted octanol–water partition coefficient (Wildman–Crippen LogP) is 22.4. The van der Waals surface area contributed by atoms with Crippen molar-refractivity contribution in [1.29, 1.82) is 0 Å². The van der Waals surface area contributed by atoms with E-state index < -0.39 is 0 Å². The zero-order valence-electron chi connectivity index (χ0n) is 54.5. The van der Waals surface area contributed by atoms with Crippen LogP contribution in [-0.4, -0.2) is 39.0 Å². The van der Waals surface area contributed by atoms with Crippen molar-refractivity contribution in [3.05, 3.63) is 338 Å². The van der Waals surface area contributed by atoms with Crippen LogP contribution in [0, 0.1) is 27.7 Å². The van der Waals surface area contributed by atoms with Gasteiger partial charge in [-0.05, 0) is 125 Å². The SMILES string of the molecule is Cc1ccc2c(c1)c1cc(C)ccc1n2-c1c(-c2nc(-c3ccccc3)nc(-c3ccccc3)n2)c(-n2c3ccc(C)cc3c3cc(C)ccc32)c(N(c2ccccc2)c2ccccc2)c(-c2nc(-c3ccccc3)nc(-c3ccccc3)n2)c1N(c1ccccc1)c1ccccc1. The van der Waals surface area contributed by atoms with Gasteiger partial charge in [0.1, 0.15) is 0 Å². The Labute approximate surface area is 568 Å². The number of hydrogen-bond acceptors (Lipinski definition) is 8. The molecule has 0 bridgehead atoms. The van der Waals surface area contributed by atoms with Crippen LogP contribution in [0.2, 0.25) is 0 Å². The number of para-hydroxylation sites is 4. The van der Waals surface area contributed by atoms with Gasteiger partial charge in [-0.1, -0.05) is 241 Å². The Hall–Kier alpha value is -12.9. The van der Waals surface area contributed by atoms with Gasteiger partial charge in [0, 0.05) is 66.5 Å². The minimum atomic E-state index is 0.413. The van der Waals surface area contributed by atoms with E-state index >= 15 is 0 Å². The van der Waals surface area contributed by atoms with Crippen LogP contribution in [0.25, 0.3) is 123 Å². The quantitative estimate of drug-likeness (QED) is 0.106. The van der Waals surface area contributed by atoms with Crippen molar-refractivity contribution < 1.29 is 0 Å². The molecule has 0 saturated carbocycles. The fourth-order valence-electron chi connectivity index (χ4n) is 13.9. The predicted molar refractivity (Wildman–Crippen MR) is 403 cm³/mol. The smallest absolute Gasteiger partial charge is 0.168 e. The maximum Gasteiger partial charge on any atom is 0.168 e. The van der Waals surface area contributed by atoms with E-state index in [0.29, 0.717) is 46.1 Å². The van der Waals surface area contributed by atoms with Crippen molar-refractivity contribution in [3.63, 3.8) is 0 Å². The molecule has 17 aromatic rings. The molecule has 0 aliphatic rings. The highest BCUT2D eigenvalue weighted by atomic mass is 15.2. The number of anilines is 6. The normalized spacial score (nSPS) is 11.5. The van der Waals surface area contributed by atoms with Crippen molar-refractivity contribution in [3.8, 4) is 79.7 Å². The molecule has 0 aliphatic carbocycles. The number of nitrogens with zero attached hydrogens (tertiary/aromatic N) is 10. The van der Waals surface area contributed by atoms with Crippen LogP contribution in [0.4, 0.5) is 34.1 Å². The molecule has 0 fully saturated rings. The fourth-order valence-corrected chi connectivity index (χ4v) is 13.9. The molecular formula is C88H64N10. The van der Waals surface area contributed by atoms with Crippen LogP contribution in [0.5, 0.6) is 0 Å². The highest BCUT2D eigenvalue weighted by molar-refractivity contribution is 6.18. The lowest BCUT2D eigenvalue weighted by molar-refractivity contribution is 1.04. The second-order valence-corrected chi connectivity index (χ2v) is 25.0. The van der Waals surface area contributed by atoms with Gasteiger partial charge in [-0.3, -0.25) is 0 Å². The second-order valence-electron chi connectivity index (χ2n) is 25.0. The lowest BCUT2D eigenvalue weighted by atomic mass is 9.93. The van der Waals surface area contributed by atoms with Crippen LogP contribution in [0.1, 0.15) is 22.3 Å². The summed E-state index contributed by atoms with van der Waals surface area (Å²) in [5.41, 5.74) is 19.5. The Bertz CT molecular complexity index is 5280. The monoisotopic (exact) mass is 1260 g/mol. The van der Waals surface area contributed by atoms with Crippen LogP contribution >= 0.6 is 0 Å². The molecule has 466 valence electrons. The molecule has 0 unspecified atom stereocenters. The molecule has 4 heterocycles. The van der Waals surface area contributed by atoms with Crippen molar-refractivity contribution in [2.45, 2.75) is 27.7 Å². The van der Waals surface area contributed by atoms with E-state index in [4.69, 9.17) is 29.9 Å². The Kier molecular flexibility index (Phi) is 14.9. The molecule has 13 aromatic carbocycles. The van der Waals surface area contributed by atoms with E-state index in [1.807, 2.05) is 72.8 Å². The van der Waals surface area contributed by atoms with Crippen molar-refractivity contribution in [1.82, 2.24) is 39.0 Å². The van der Waals surface area contributed by atoms with E-state index in [2.05, 4.69) is 289 Å². The van der Waals surface area contributed by atoms with Gasteiger partial charge < -0.3 is 18.9 Å². The molecule has 0 amide bonds. The molecule has 10 heteroatoms. The van der Waals surface area contributed by atoms with Crippen molar-refractivity contribution in [2.75, 3.05) is 9.80 Å². The third kappa shape index (κ3) is 10.5. The molecule has 98 heavy (non-hydrogen) atoms. The lowest BCUT2D eigenvalue weighted by Gasteiger charge is -2.37. The number of benzene rings is 13. The summed E-state index contributed by atoms with van der Waals surface area (Å²) in [6.45, 7) is 8.71. The third-order valence-electron chi connectivity index (χ3n) is 18.3. The summed E-state index contributed by atoms with van der Waals surface area (Å²) in [4.78, 5) is 39.7. The maximum absolute atomic E-state index is 5.99. The Morgan fingerprint density at radius 2 is 0.439 bits per heavy atom. The number of fused-ring (bicyclic) bond motifs is 6. The highest BCUT2D eigenvalue weighted by Gasteiger charge is 2.40. The van der Waals surface area contributed by atoms with E-state index in [1.54, 1.807) is 0 Å². The first kappa shape index (κ1) is 58.9. The number of rotatable bonds is 14. The van der Waals surface area contributed by atoms with E-state index in [1.165, 1.54) is 0 Å². The van der Waals surface area contributed by atoms with Gasteiger partial charge in [-0.15, -0.1) is 0 Å². The van der Waals surface area contributed by atoms with Gasteiger partial charge in [0.05, 0.1) is 55.9 Å². The maximum atomic E-state index is 5.99. The molecular weight excluding hydrogens is 1200 g/mol. The first-order valence-electron chi connectivity index (χ1n) is 33.1. The third-order valence-corrected chi connectivity index (χ3v) is 18.3. The molecule has 0 radical (unpaired) electrons. The summed E-state index contributed by atoms with van der Waals surface area (Å²) in [7, 11) is 0. The average Bonchev–Trinajstić information content (AvgIpc) is 1.32. The largest absolute Gasteiger partial charge is 0.308 e. The first-order chi connectivity index (χ1) is 48.3. The molecule has 0 aliphatic heterocycles. The van der Waals surface area contributed by atoms with Crippen molar-refractivity contribution >= 4 is 77.7 Å². The molecule has 10 nitrogen and oxygen atoms in total. The number of hydrogen-bond donors (Lipinski definition) is 0.